The number of nitrogens with one attached hydrogen (secondary N) is 2. The second-order valence-corrected chi connectivity index (χ2v) is 13.2. The molecule has 0 atom stereocenters. The Morgan fingerprint density at radius 3 is 2.24 bits per heavy atom. The Kier molecular flexibility index (Phi) is 7.94. The number of benzene rings is 1. The summed E-state index contributed by atoms with van der Waals surface area (Å²) in [7, 11) is -4.01. The van der Waals surface area contributed by atoms with E-state index in [-0.39, 0.29) is 31.5 Å². The molecule has 10 nitrogen and oxygen atoms in total. The number of aromatic nitrogens is 1. The number of carbonyl (C=O) groups is 2. The minimum atomic E-state index is -4.01. The highest BCUT2D eigenvalue weighted by Gasteiger charge is 2.44. The van der Waals surface area contributed by atoms with Crippen LogP contribution >= 0.6 is 0 Å². The van der Waals surface area contributed by atoms with Gasteiger partial charge in [0.2, 0.25) is 10.0 Å². The third-order valence-corrected chi connectivity index (χ3v) is 9.47. The van der Waals surface area contributed by atoms with E-state index in [9.17, 15) is 26.8 Å². The van der Waals surface area contributed by atoms with Crippen LogP contribution in [0.1, 0.15) is 64.9 Å². The number of aliphatic hydroxyl groups is 1. The summed E-state index contributed by atoms with van der Waals surface area (Å²) in [5.74, 6) is -4.05. The van der Waals surface area contributed by atoms with Crippen LogP contribution in [-0.2, 0) is 10.0 Å². The van der Waals surface area contributed by atoms with Crippen LogP contribution in [0, 0.1) is 12.3 Å². The van der Waals surface area contributed by atoms with E-state index in [2.05, 4.69) is 15.2 Å². The number of halogens is 2. The molecule has 41 heavy (non-hydrogen) atoms. The Morgan fingerprint density at radius 1 is 0.951 bits per heavy atom. The zero-order valence-corrected chi connectivity index (χ0v) is 23.8. The third-order valence-electron chi connectivity index (χ3n) is 8.25. The Labute approximate surface area is 238 Å². The standard InChI is InChI=1S/C28H35F2N5O5S/c1-19-16-21(18-24(31-19)35-12-8-28(29,30)9-13-35)32-26(38)22-3-2-20(25(37)33-41(39,40)15-14-36)17-23(22)34-10-6-27(4-5-27)7-11-34/h2-3,16-18,36H,4-15H2,1H3,(H,33,37)(H,31,32,38). The van der Waals surface area contributed by atoms with Gasteiger partial charge in [-0.1, -0.05) is 0 Å². The van der Waals surface area contributed by atoms with E-state index in [1.54, 1.807) is 24.0 Å². The van der Waals surface area contributed by atoms with Gasteiger partial charge in [-0.2, -0.15) is 0 Å². The van der Waals surface area contributed by atoms with Crippen molar-refractivity contribution in [2.75, 3.05) is 53.7 Å². The van der Waals surface area contributed by atoms with Gasteiger partial charge in [-0.05, 0) is 62.3 Å². The van der Waals surface area contributed by atoms with Crippen molar-refractivity contribution >= 4 is 39.0 Å². The van der Waals surface area contributed by atoms with Gasteiger partial charge in [-0.15, -0.1) is 0 Å². The van der Waals surface area contributed by atoms with Crippen LogP contribution < -0.4 is 19.8 Å². The van der Waals surface area contributed by atoms with Crippen LogP contribution in [0.4, 0.5) is 26.0 Å². The topological polar surface area (TPSA) is 132 Å². The van der Waals surface area contributed by atoms with Gasteiger partial charge in [-0.25, -0.2) is 26.9 Å². The summed E-state index contributed by atoms with van der Waals surface area (Å²) < 4.78 is 53.4. The number of pyridine rings is 1. The minimum Gasteiger partial charge on any atom is -0.395 e. The zero-order chi connectivity index (χ0) is 29.4. The number of rotatable bonds is 8. The molecule has 3 fully saturated rings. The van der Waals surface area contributed by atoms with Gasteiger partial charge < -0.3 is 20.2 Å². The van der Waals surface area contributed by atoms with Crippen molar-refractivity contribution in [3.8, 4) is 0 Å². The fourth-order valence-electron chi connectivity index (χ4n) is 5.54. The van der Waals surface area contributed by atoms with E-state index in [0.717, 1.165) is 12.8 Å². The molecule has 2 aliphatic heterocycles. The van der Waals surface area contributed by atoms with Crippen LogP contribution in [0.15, 0.2) is 30.3 Å². The number of piperidine rings is 2. The minimum absolute atomic E-state index is 0.0775. The van der Waals surface area contributed by atoms with Crippen molar-refractivity contribution in [2.45, 2.75) is 51.4 Å². The maximum atomic E-state index is 13.7. The number of anilines is 3. The number of amides is 2. The summed E-state index contributed by atoms with van der Waals surface area (Å²) in [6, 6.07) is 7.79. The number of aliphatic hydroxyl groups excluding tert-OH is 1. The van der Waals surface area contributed by atoms with Crippen molar-refractivity contribution in [3.05, 3.63) is 47.2 Å². The molecule has 2 saturated heterocycles. The maximum Gasteiger partial charge on any atom is 0.264 e. The van der Waals surface area contributed by atoms with Crippen molar-refractivity contribution in [1.82, 2.24) is 9.71 Å². The van der Waals surface area contributed by atoms with Gasteiger partial charge in [0.1, 0.15) is 5.82 Å². The largest absolute Gasteiger partial charge is 0.395 e. The monoisotopic (exact) mass is 591 g/mol. The summed E-state index contributed by atoms with van der Waals surface area (Å²) in [6.07, 6.45) is 3.81. The first-order valence-electron chi connectivity index (χ1n) is 13.9. The van der Waals surface area contributed by atoms with Crippen LogP contribution in [0.2, 0.25) is 0 Å². The molecule has 1 aromatic carbocycles. The van der Waals surface area contributed by atoms with E-state index < -0.39 is 40.1 Å². The summed E-state index contributed by atoms with van der Waals surface area (Å²) in [5, 5.41) is 11.9. The highest BCUT2D eigenvalue weighted by Crippen LogP contribution is 2.54. The number of alkyl halides is 2. The molecule has 0 radical (unpaired) electrons. The Balaban J connectivity index is 1.39. The van der Waals surface area contributed by atoms with Gasteiger partial charge in [-0.3, -0.25) is 9.59 Å². The molecule has 3 aliphatic rings. The predicted molar refractivity (Wildman–Crippen MR) is 151 cm³/mol. The van der Waals surface area contributed by atoms with Crippen molar-refractivity contribution in [2.24, 2.45) is 5.41 Å². The highest BCUT2D eigenvalue weighted by atomic mass is 32.2. The van der Waals surface area contributed by atoms with Gasteiger partial charge >= 0.3 is 0 Å². The molecule has 0 bridgehead atoms. The highest BCUT2D eigenvalue weighted by molar-refractivity contribution is 7.90. The lowest BCUT2D eigenvalue weighted by atomic mass is 9.92. The molecule has 1 aliphatic carbocycles. The van der Waals surface area contributed by atoms with Crippen molar-refractivity contribution in [1.29, 1.82) is 0 Å². The van der Waals surface area contributed by atoms with Crippen LogP contribution in [0.3, 0.4) is 0 Å². The molecule has 1 aromatic heterocycles. The zero-order valence-electron chi connectivity index (χ0n) is 23.0. The first kappa shape index (κ1) is 29.2. The number of sulfonamides is 1. The molecule has 2 aromatic rings. The lowest BCUT2D eigenvalue weighted by molar-refractivity contribution is -0.0221. The van der Waals surface area contributed by atoms with E-state index >= 15 is 0 Å². The number of hydrogen-bond acceptors (Lipinski definition) is 8. The summed E-state index contributed by atoms with van der Waals surface area (Å²) in [6.45, 7) is 2.87. The van der Waals surface area contributed by atoms with Gasteiger partial charge in [0.05, 0.1) is 23.6 Å². The lowest BCUT2D eigenvalue weighted by Gasteiger charge is -2.35. The average molecular weight is 592 g/mol. The Bertz CT molecular complexity index is 1430. The fraction of sp³-hybridized carbons (Fsp3) is 0.536. The summed E-state index contributed by atoms with van der Waals surface area (Å²) >= 11 is 0. The van der Waals surface area contributed by atoms with Crippen LogP contribution in [-0.4, -0.2) is 74.8 Å². The molecule has 222 valence electrons. The van der Waals surface area contributed by atoms with E-state index in [0.29, 0.717) is 47.0 Å². The molecule has 0 unspecified atom stereocenters. The number of hydrogen-bond donors (Lipinski definition) is 3. The van der Waals surface area contributed by atoms with E-state index in [1.807, 2.05) is 4.72 Å². The molecular weight excluding hydrogens is 556 g/mol. The first-order valence-corrected chi connectivity index (χ1v) is 15.5. The molecular formula is C28H35F2N5O5S. The molecule has 13 heteroatoms. The second-order valence-electron chi connectivity index (χ2n) is 11.3. The van der Waals surface area contributed by atoms with Crippen molar-refractivity contribution in [3.63, 3.8) is 0 Å². The molecule has 1 saturated carbocycles. The smallest absolute Gasteiger partial charge is 0.264 e. The van der Waals surface area contributed by atoms with Crippen LogP contribution in [0.25, 0.3) is 0 Å². The molecule has 3 N–H and O–H groups in total. The normalized spacial score (nSPS) is 19.6. The molecule has 1 spiro atoms. The third kappa shape index (κ3) is 6.95. The number of nitrogens with zero attached hydrogens (tertiary/aromatic N) is 3. The summed E-state index contributed by atoms with van der Waals surface area (Å²) in [5.41, 5.74) is 2.38. The maximum absolute atomic E-state index is 13.7. The van der Waals surface area contributed by atoms with Gasteiger partial charge in [0.25, 0.3) is 17.7 Å². The molecule has 2 amide bonds. The average Bonchev–Trinajstić information content (AvgIpc) is 3.66. The van der Waals surface area contributed by atoms with E-state index in [4.69, 9.17) is 5.11 Å². The number of aryl methyl sites for hydroxylation is 1. The van der Waals surface area contributed by atoms with Crippen LogP contribution in [0.5, 0.6) is 0 Å². The van der Waals surface area contributed by atoms with Gasteiger partial charge in [0, 0.05) is 62.0 Å². The number of carbonyl (C=O) groups excluding carboxylic acids is 2. The van der Waals surface area contributed by atoms with Crippen molar-refractivity contribution < 1.29 is 31.9 Å². The Morgan fingerprint density at radius 2 is 1.61 bits per heavy atom. The second kappa shape index (κ2) is 11.2. The van der Waals surface area contributed by atoms with E-state index in [1.165, 1.54) is 31.0 Å². The Hall–Kier alpha value is -3.32. The predicted octanol–water partition coefficient (Wildman–Crippen LogP) is 3.31. The SMILES string of the molecule is Cc1cc(NC(=O)c2ccc(C(=O)NS(=O)(=O)CCO)cc2N2CCC3(CC2)CC3)cc(N2CCC(F)(F)CC2)n1. The molecule has 5 rings (SSSR count). The van der Waals surface area contributed by atoms with Gasteiger partial charge in [0.15, 0.2) is 0 Å². The quantitative estimate of drug-likeness (QED) is 0.426. The first-order chi connectivity index (χ1) is 19.4. The summed E-state index contributed by atoms with van der Waals surface area (Å²) in [4.78, 5) is 34.7. The molecule has 3 heterocycles. The lowest BCUT2D eigenvalue weighted by Crippen LogP contribution is -2.39. The fourth-order valence-corrected chi connectivity index (χ4v) is 6.29.